The van der Waals surface area contributed by atoms with Crippen molar-refractivity contribution >= 4 is 22.5 Å². The van der Waals surface area contributed by atoms with E-state index in [0.717, 1.165) is 12.1 Å². The first kappa shape index (κ1) is 22.1. The molecule has 1 aromatic carbocycles. The number of aryl methyl sites for hydroxylation is 2. The lowest BCUT2D eigenvalue weighted by atomic mass is 10.0. The Bertz CT molecular complexity index is 1200. The highest BCUT2D eigenvalue weighted by atomic mass is 19.4. The molecule has 170 valence electrons. The summed E-state index contributed by atoms with van der Waals surface area (Å²) in [5.41, 5.74) is 0.574. The normalized spacial score (nSPS) is 15.8. The van der Waals surface area contributed by atoms with Crippen molar-refractivity contribution in [2.24, 2.45) is 7.05 Å². The number of halogens is 3. The molecule has 0 aliphatic carbocycles. The van der Waals surface area contributed by atoms with E-state index in [9.17, 15) is 18.0 Å². The molecule has 2 aromatic heterocycles. The van der Waals surface area contributed by atoms with Crippen molar-refractivity contribution in [3.8, 4) is 0 Å². The predicted octanol–water partition coefficient (Wildman–Crippen LogP) is 3.67. The molecule has 1 aliphatic heterocycles. The molecule has 7 nitrogen and oxygen atoms in total. The lowest BCUT2D eigenvalue weighted by molar-refractivity contribution is -0.137. The number of hydrogen-bond acceptors (Lipinski definition) is 6. The Morgan fingerprint density at radius 3 is 2.56 bits per heavy atom. The number of nitrogens with zero attached hydrogens (tertiary/aromatic N) is 4. The van der Waals surface area contributed by atoms with Gasteiger partial charge in [0.15, 0.2) is 0 Å². The minimum Gasteiger partial charge on any atom is -0.378 e. The molecule has 3 aromatic rings. The van der Waals surface area contributed by atoms with Crippen LogP contribution < -0.4 is 15.8 Å². The van der Waals surface area contributed by atoms with Gasteiger partial charge >= 0.3 is 6.18 Å². The Balaban J connectivity index is 1.77. The van der Waals surface area contributed by atoms with E-state index in [0.29, 0.717) is 60.2 Å². The number of pyridine rings is 1. The molecule has 32 heavy (non-hydrogen) atoms. The summed E-state index contributed by atoms with van der Waals surface area (Å²) in [6, 6.07) is 6.49. The maximum atomic E-state index is 13.1. The molecule has 0 unspecified atom stereocenters. The van der Waals surface area contributed by atoms with Gasteiger partial charge in [-0.3, -0.25) is 9.36 Å². The maximum absolute atomic E-state index is 13.1. The summed E-state index contributed by atoms with van der Waals surface area (Å²) in [5, 5.41) is 3.84. The molecule has 0 amide bonds. The van der Waals surface area contributed by atoms with E-state index in [1.807, 2.05) is 4.90 Å². The largest absolute Gasteiger partial charge is 0.416 e. The molecular weight excluding hydrogens is 423 g/mol. The van der Waals surface area contributed by atoms with Gasteiger partial charge in [0.1, 0.15) is 23.0 Å². The van der Waals surface area contributed by atoms with Gasteiger partial charge in [0.25, 0.3) is 5.56 Å². The number of benzene rings is 1. The Labute approximate surface area is 182 Å². The molecule has 4 rings (SSSR count). The SMILES string of the molecule is Cc1nc(N[C@H](C)c2cccc(C(F)(F)F)c2)c2cc(N3CCOCC3)c(=O)n(C)c2n1. The average molecular weight is 447 g/mol. The van der Waals surface area contributed by atoms with Crippen LogP contribution in [0, 0.1) is 6.92 Å². The van der Waals surface area contributed by atoms with E-state index in [-0.39, 0.29) is 5.56 Å². The second-order valence-corrected chi connectivity index (χ2v) is 7.84. The number of rotatable bonds is 4. The molecule has 3 heterocycles. The third kappa shape index (κ3) is 4.27. The molecule has 0 saturated carbocycles. The Kier molecular flexibility index (Phi) is 5.81. The summed E-state index contributed by atoms with van der Waals surface area (Å²) in [7, 11) is 1.65. The van der Waals surface area contributed by atoms with Crippen LogP contribution in [-0.2, 0) is 18.0 Å². The van der Waals surface area contributed by atoms with E-state index in [2.05, 4.69) is 15.3 Å². The van der Waals surface area contributed by atoms with Gasteiger partial charge < -0.3 is 15.0 Å². The summed E-state index contributed by atoms with van der Waals surface area (Å²) in [4.78, 5) is 23.9. The lowest BCUT2D eigenvalue weighted by Gasteiger charge is -2.29. The van der Waals surface area contributed by atoms with Gasteiger partial charge in [-0.2, -0.15) is 13.2 Å². The fourth-order valence-electron chi connectivity index (χ4n) is 3.84. The van der Waals surface area contributed by atoms with Crippen LogP contribution in [0.15, 0.2) is 35.1 Å². The van der Waals surface area contributed by atoms with Crippen LogP contribution >= 0.6 is 0 Å². The van der Waals surface area contributed by atoms with E-state index in [1.165, 1.54) is 10.6 Å². The van der Waals surface area contributed by atoms with Crippen molar-refractivity contribution in [1.82, 2.24) is 14.5 Å². The minimum absolute atomic E-state index is 0.172. The molecule has 0 spiro atoms. The number of nitrogens with one attached hydrogen (secondary N) is 1. The Morgan fingerprint density at radius 1 is 1.16 bits per heavy atom. The molecule has 0 radical (unpaired) electrons. The number of ether oxygens (including phenoxy) is 1. The molecule has 1 N–H and O–H groups in total. The fourth-order valence-corrected chi connectivity index (χ4v) is 3.84. The van der Waals surface area contributed by atoms with Crippen molar-refractivity contribution in [3.05, 3.63) is 57.6 Å². The average Bonchev–Trinajstić information content (AvgIpc) is 2.76. The minimum atomic E-state index is -4.42. The predicted molar refractivity (Wildman–Crippen MR) is 116 cm³/mol. The number of morpholine rings is 1. The number of fused-ring (bicyclic) bond motifs is 1. The molecule has 1 aliphatic rings. The van der Waals surface area contributed by atoms with Crippen LogP contribution in [0.4, 0.5) is 24.7 Å². The summed E-state index contributed by atoms with van der Waals surface area (Å²) in [5.74, 6) is 0.910. The Hall–Kier alpha value is -3.14. The van der Waals surface area contributed by atoms with E-state index in [4.69, 9.17) is 4.74 Å². The van der Waals surface area contributed by atoms with Crippen molar-refractivity contribution < 1.29 is 17.9 Å². The summed E-state index contributed by atoms with van der Waals surface area (Å²) < 4.78 is 46.3. The first-order chi connectivity index (χ1) is 15.1. The van der Waals surface area contributed by atoms with Crippen molar-refractivity contribution in [2.45, 2.75) is 26.1 Å². The van der Waals surface area contributed by atoms with Gasteiger partial charge in [-0.1, -0.05) is 12.1 Å². The fraction of sp³-hybridized carbons (Fsp3) is 0.409. The quantitative estimate of drug-likeness (QED) is 0.658. The highest BCUT2D eigenvalue weighted by Gasteiger charge is 2.30. The van der Waals surface area contributed by atoms with Crippen LogP contribution in [0.1, 0.15) is 29.9 Å². The first-order valence-electron chi connectivity index (χ1n) is 10.3. The van der Waals surface area contributed by atoms with Crippen LogP contribution in [-0.4, -0.2) is 40.8 Å². The molecule has 1 atom stereocenters. The van der Waals surface area contributed by atoms with E-state index >= 15 is 0 Å². The third-order valence-corrected chi connectivity index (χ3v) is 5.58. The van der Waals surface area contributed by atoms with Gasteiger partial charge in [-0.05, 0) is 37.6 Å². The van der Waals surface area contributed by atoms with Crippen molar-refractivity contribution in [3.63, 3.8) is 0 Å². The second-order valence-electron chi connectivity index (χ2n) is 7.84. The maximum Gasteiger partial charge on any atom is 0.416 e. The van der Waals surface area contributed by atoms with Gasteiger partial charge in [-0.15, -0.1) is 0 Å². The summed E-state index contributed by atoms with van der Waals surface area (Å²) in [6.07, 6.45) is -4.42. The van der Waals surface area contributed by atoms with Gasteiger partial charge in [0.2, 0.25) is 0 Å². The van der Waals surface area contributed by atoms with Gasteiger partial charge in [0, 0.05) is 26.2 Å². The van der Waals surface area contributed by atoms with Crippen LogP contribution in [0.25, 0.3) is 11.0 Å². The smallest absolute Gasteiger partial charge is 0.378 e. The second kappa shape index (κ2) is 8.42. The number of anilines is 2. The molecule has 10 heteroatoms. The van der Waals surface area contributed by atoms with E-state index < -0.39 is 17.8 Å². The van der Waals surface area contributed by atoms with Crippen LogP contribution in [0.5, 0.6) is 0 Å². The number of aromatic nitrogens is 3. The highest BCUT2D eigenvalue weighted by molar-refractivity contribution is 5.89. The zero-order valence-electron chi connectivity index (χ0n) is 18.0. The number of hydrogen-bond donors (Lipinski definition) is 1. The first-order valence-corrected chi connectivity index (χ1v) is 10.3. The monoisotopic (exact) mass is 447 g/mol. The molecule has 0 bridgehead atoms. The third-order valence-electron chi connectivity index (χ3n) is 5.58. The number of alkyl halides is 3. The van der Waals surface area contributed by atoms with Crippen molar-refractivity contribution in [2.75, 3.05) is 36.5 Å². The van der Waals surface area contributed by atoms with Crippen LogP contribution in [0.3, 0.4) is 0 Å². The molecule has 1 fully saturated rings. The van der Waals surface area contributed by atoms with Gasteiger partial charge in [0.05, 0.1) is 24.2 Å². The topological polar surface area (TPSA) is 72.3 Å². The van der Waals surface area contributed by atoms with Crippen LogP contribution in [0.2, 0.25) is 0 Å². The standard InChI is InChI=1S/C22H24F3N5O2/c1-13(15-5-4-6-16(11-15)22(23,24)25)26-19-17-12-18(30-7-9-32-10-8-30)21(31)29(3)20(17)28-14(2)27-19/h4-6,11-13H,7-10H2,1-3H3,(H,26,27,28)/t13-/m1/s1. The van der Waals surface area contributed by atoms with Gasteiger partial charge in [-0.25, -0.2) is 9.97 Å². The Morgan fingerprint density at radius 2 is 1.88 bits per heavy atom. The molecular formula is C22H24F3N5O2. The zero-order valence-corrected chi connectivity index (χ0v) is 18.0. The summed E-state index contributed by atoms with van der Waals surface area (Å²) in [6.45, 7) is 5.73. The summed E-state index contributed by atoms with van der Waals surface area (Å²) >= 11 is 0. The van der Waals surface area contributed by atoms with E-state index in [1.54, 1.807) is 33.0 Å². The lowest BCUT2D eigenvalue weighted by Crippen LogP contribution is -2.40. The zero-order chi connectivity index (χ0) is 23.0. The molecule has 1 saturated heterocycles. The highest BCUT2D eigenvalue weighted by Crippen LogP contribution is 2.32. The van der Waals surface area contributed by atoms with Crippen molar-refractivity contribution in [1.29, 1.82) is 0 Å².